The van der Waals surface area contributed by atoms with Gasteiger partial charge >= 0.3 is 0 Å². The summed E-state index contributed by atoms with van der Waals surface area (Å²) in [4.78, 5) is 2.65. The van der Waals surface area contributed by atoms with Gasteiger partial charge in [0.15, 0.2) is 0 Å². The molecule has 100 valence electrons. The van der Waals surface area contributed by atoms with Gasteiger partial charge in [-0.1, -0.05) is 30.3 Å². The normalized spacial score (nSPS) is 25.2. The first-order valence-corrected chi connectivity index (χ1v) is 8.22. The fourth-order valence-electron chi connectivity index (χ4n) is 2.65. The molecule has 2 unspecified atom stereocenters. The van der Waals surface area contributed by atoms with Crippen molar-refractivity contribution in [3.63, 3.8) is 0 Å². The predicted molar refractivity (Wildman–Crippen MR) is 81.2 cm³/mol. The summed E-state index contributed by atoms with van der Waals surface area (Å²) >= 11 is 1.95. The molecular weight excluding hydrogens is 240 g/mol. The Morgan fingerprint density at radius 2 is 2.11 bits per heavy atom. The van der Waals surface area contributed by atoms with Crippen LogP contribution in [-0.2, 0) is 0 Å². The smallest absolute Gasteiger partial charge is 0.0473 e. The maximum absolute atomic E-state index is 3.60. The summed E-state index contributed by atoms with van der Waals surface area (Å²) in [5.74, 6) is 1.26. The number of thioether (sulfide) groups is 1. The second-order valence-corrected chi connectivity index (χ2v) is 6.06. The van der Waals surface area contributed by atoms with E-state index < -0.39 is 0 Å². The third-order valence-electron chi connectivity index (χ3n) is 3.59. The monoisotopic (exact) mass is 264 g/mol. The number of rotatable bonds is 5. The van der Waals surface area contributed by atoms with Crippen molar-refractivity contribution in [2.45, 2.75) is 25.4 Å². The zero-order chi connectivity index (χ0) is 12.8. The lowest BCUT2D eigenvalue weighted by Crippen LogP contribution is -2.51. The van der Waals surface area contributed by atoms with Crippen LogP contribution in [0.3, 0.4) is 0 Å². The maximum atomic E-state index is 3.60. The number of piperazine rings is 1. The second-order valence-electron chi connectivity index (χ2n) is 5.08. The van der Waals surface area contributed by atoms with E-state index in [9.17, 15) is 0 Å². The molecular formula is C15H24N2S. The molecule has 2 nitrogen and oxygen atoms in total. The number of nitrogens with one attached hydrogen (secondary N) is 1. The van der Waals surface area contributed by atoms with Gasteiger partial charge in [-0.25, -0.2) is 0 Å². The Labute approximate surface area is 115 Å². The molecule has 0 amide bonds. The number of hydrogen-bond donors (Lipinski definition) is 1. The standard InChI is InChI=1S/C15H24N2S/c1-13-12-17(9-6-10-18-2)15(11-16-13)14-7-4-3-5-8-14/h3-5,7-8,13,15-16H,6,9-12H2,1-2H3. The fourth-order valence-corrected chi connectivity index (χ4v) is 3.07. The third kappa shape index (κ3) is 3.74. The van der Waals surface area contributed by atoms with Crippen LogP contribution in [0.15, 0.2) is 30.3 Å². The third-order valence-corrected chi connectivity index (χ3v) is 4.28. The van der Waals surface area contributed by atoms with Gasteiger partial charge in [0.05, 0.1) is 0 Å². The summed E-state index contributed by atoms with van der Waals surface area (Å²) in [6, 6.07) is 12.1. The molecule has 1 saturated heterocycles. The molecule has 3 heteroatoms. The lowest BCUT2D eigenvalue weighted by atomic mass is 10.0. The summed E-state index contributed by atoms with van der Waals surface area (Å²) in [5.41, 5.74) is 1.45. The molecule has 0 aliphatic carbocycles. The highest BCUT2D eigenvalue weighted by molar-refractivity contribution is 7.98. The minimum absolute atomic E-state index is 0.546. The number of benzene rings is 1. The number of hydrogen-bond acceptors (Lipinski definition) is 3. The minimum Gasteiger partial charge on any atom is -0.311 e. The fraction of sp³-hybridized carbons (Fsp3) is 0.600. The van der Waals surface area contributed by atoms with Crippen LogP contribution in [0.25, 0.3) is 0 Å². The molecule has 0 aromatic heterocycles. The van der Waals surface area contributed by atoms with Crippen molar-refractivity contribution in [1.82, 2.24) is 10.2 Å². The number of nitrogens with zero attached hydrogens (tertiary/aromatic N) is 1. The molecule has 18 heavy (non-hydrogen) atoms. The van der Waals surface area contributed by atoms with Gasteiger partial charge in [-0.3, -0.25) is 4.90 Å². The van der Waals surface area contributed by atoms with Crippen LogP contribution in [0, 0.1) is 0 Å². The summed E-state index contributed by atoms with van der Waals surface area (Å²) in [5, 5.41) is 3.60. The van der Waals surface area contributed by atoms with Crippen LogP contribution in [0.2, 0.25) is 0 Å². The average molecular weight is 264 g/mol. The van der Waals surface area contributed by atoms with Crippen molar-refractivity contribution in [2.75, 3.05) is 31.6 Å². The largest absolute Gasteiger partial charge is 0.311 e. The molecule has 0 saturated carbocycles. The van der Waals surface area contributed by atoms with E-state index in [1.165, 1.54) is 24.3 Å². The van der Waals surface area contributed by atoms with Gasteiger partial charge in [-0.15, -0.1) is 0 Å². The van der Waals surface area contributed by atoms with Crippen LogP contribution < -0.4 is 5.32 Å². The molecule has 2 rings (SSSR count). The van der Waals surface area contributed by atoms with Crippen molar-refractivity contribution in [2.24, 2.45) is 0 Å². The van der Waals surface area contributed by atoms with Crippen molar-refractivity contribution in [3.05, 3.63) is 35.9 Å². The molecule has 2 atom stereocenters. The molecule has 1 aromatic rings. The molecule has 0 radical (unpaired) electrons. The van der Waals surface area contributed by atoms with Crippen LogP contribution in [0.1, 0.15) is 24.9 Å². The summed E-state index contributed by atoms with van der Waals surface area (Å²) < 4.78 is 0. The first kappa shape index (κ1) is 13.9. The SMILES string of the molecule is CSCCCN1CC(C)NCC1c1ccccc1. The lowest BCUT2D eigenvalue weighted by Gasteiger charge is -2.39. The quantitative estimate of drug-likeness (QED) is 0.823. The second kappa shape index (κ2) is 7.17. The Bertz CT molecular complexity index is 342. The average Bonchev–Trinajstić information content (AvgIpc) is 2.40. The van der Waals surface area contributed by atoms with E-state index in [-0.39, 0.29) is 0 Å². The zero-order valence-corrected chi connectivity index (χ0v) is 12.2. The van der Waals surface area contributed by atoms with E-state index in [0.29, 0.717) is 12.1 Å². The topological polar surface area (TPSA) is 15.3 Å². The highest BCUT2D eigenvalue weighted by Crippen LogP contribution is 2.23. The van der Waals surface area contributed by atoms with E-state index in [2.05, 4.69) is 53.7 Å². The molecule has 1 N–H and O–H groups in total. The van der Waals surface area contributed by atoms with Crippen molar-refractivity contribution in [1.29, 1.82) is 0 Å². The highest BCUT2D eigenvalue weighted by Gasteiger charge is 2.26. The van der Waals surface area contributed by atoms with Crippen molar-refractivity contribution < 1.29 is 0 Å². The van der Waals surface area contributed by atoms with E-state index in [4.69, 9.17) is 0 Å². The summed E-state index contributed by atoms with van der Waals surface area (Å²) in [6.45, 7) is 5.73. The molecule has 1 heterocycles. The van der Waals surface area contributed by atoms with E-state index in [1.54, 1.807) is 0 Å². The first-order valence-electron chi connectivity index (χ1n) is 6.82. The van der Waals surface area contributed by atoms with E-state index in [0.717, 1.165) is 13.1 Å². The molecule has 0 bridgehead atoms. The Morgan fingerprint density at radius 3 is 2.83 bits per heavy atom. The zero-order valence-electron chi connectivity index (χ0n) is 11.4. The lowest BCUT2D eigenvalue weighted by molar-refractivity contribution is 0.136. The van der Waals surface area contributed by atoms with Gasteiger partial charge in [-0.2, -0.15) is 11.8 Å². The highest BCUT2D eigenvalue weighted by atomic mass is 32.2. The maximum Gasteiger partial charge on any atom is 0.0473 e. The summed E-state index contributed by atoms with van der Waals surface area (Å²) in [7, 11) is 0. The van der Waals surface area contributed by atoms with Gasteiger partial charge in [-0.05, 0) is 37.5 Å². The van der Waals surface area contributed by atoms with Gasteiger partial charge < -0.3 is 5.32 Å². The van der Waals surface area contributed by atoms with E-state index in [1.807, 2.05) is 11.8 Å². The molecule has 1 aliphatic rings. The van der Waals surface area contributed by atoms with Crippen molar-refractivity contribution >= 4 is 11.8 Å². The Kier molecular flexibility index (Phi) is 5.54. The molecule has 1 aromatic carbocycles. The minimum atomic E-state index is 0.546. The van der Waals surface area contributed by atoms with Gasteiger partial charge in [0, 0.05) is 25.2 Å². The van der Waals surface area contributed by atoms with Crippen molar-refractivity contribution in [3.8, 4) is 0 Å². The van der Waals surface area contributed by atoms with Crippen LogP contribution in [0.4, 0.5) is 0 Å². The Morgan fingerprint density at radius 1 is 1.33 bits per heavy atom. The predicted octanol–water partition coefficient (Wildman–Crippen LogP) is 2.77. The molecule has 1 aliphatic heterocycles. The van der Waals surface area contributed by atoms with Crippen LogP contribution in [-0.4, -0.2) is 42.6 Å². The Hall–Kier alpha value is -0.510. The van der Waals surface area contributed by atoms with Gasteiger partial charge in [0.1, 0.15) is 0 Å². The van der Waals surface area contributed by atoms with Crippen LogP contribution in [0.5, 0.6) is 0 Å². The van der Waals surface area contributed by atoms with Crippen LogP contribution >= 0.6 is 11.8 Å². The van der Waals surface area contributed by atoms with Gasteiger partial charge in [0.25, 0.3) is 0 Å². The van der Waals surface area contributed by atoms with Gasteiger partial charge in [0.2, 0.25) is 0 Å². The summed E-state index contributed by atoms with van der Waals surface area (Å²) in [6.07, 6.45) is 3.48. The first-order chi connectivity index (χ1) is 8.81. The molecule has 0 spiro atoms. The Balaban J connectivity index is 2.01. The molecule has 1 fully saturated rings. The van der Waals surface area contributed by atoms with E-state index >= 15 is 0 Å².